The third-order valence-corrected chi connectivity index (χ3v) is 14.4. The summed E-state index contributed by atoms with van der Waals surface area (Å²) in [6.07, 6.45) is 7.32. The van der Waals surface area contributed by atoms with Crippen LogP contribution in [0.1, 0.15) is 75.8 Å². The highest BCUT2D eigenvalue weighted by Gasteiger charge is 2.40. The molecule has 308 valence electrons. The second kappa shape index (κ2) is 14.3. The van der Waals surface area contributed by atoms with Gasteiger partial charge in [0.05, 0.1) is 17.1 Å². The van der Waals surface area contributed by atoms with Crippen molar-refractivity contribution in [2.24, 2.45) is 5.92 Å². The quantitative estimate of drug-likeness (QED) is 0.153. The molecule has 1 atom stereocenters. The Kier molecular flexibility index (Phi) is 8.53. The summed E-state index contributed by atoms with van der Waals surface area (Å²) in [5.41, 5.74) is 13.3. The van der Waals surface area contributed by atoms with E-state index in [-0.39, 0.29) is 11.3 Å². The average molecular weight is 819 g/mol. The van der Waals surface area contributed by atoms with E-state index >= 15 is 0 Å². The Morgan fingerprint density at radius 3 is 1.95 bits per heavy atom. The molecule has 10 aromatic rings. The molecule has 0 aliphatic heterocycles. The molecule has 4 nitrogen and oxygen atoms in total. The Balaban J connectivity index is 1.21. The lowest BCUT2D eigenvalue weighted by Gasteiger charge is -2.43. The number of hydrogen-bond donors (Lipinski definition) is 0. The average Bonchev–Trinajstić information content (AvgIpc) is 3.90. The Bertz CT molecular complexity index is 3520. The van der Waals surface area contributed by atoms with Gasteiger partial charge < -0.3 is 18.6 Å². The first-order valence-corrected chi connectivity index (χ1v) is 22.7. The van der Waals surface area contributed by atoms with Crippen LogP contribution in [0.2, 0.25) is 0 Å². The molecule has 8 aromatic carbocycles. The van der Waals surface area contributed by atoms with Gasteiger partial charge in [-0.15, -0.1) is 0 Å². The fourth-order valence-electron chi connectivity index (χ4n) is 10.9. The molecule has 0 saturated heterocycles. The summed E-state index contributed by atoms with van der Waals surface area (Å²) < 4.78 is 13.7. The van der Waals surface area contributed by atoms with E-state index < -0.39 is 0 Å². The van der Waals surface area contributed by atoms with Gasteiger partial charge in [0.15, 0.2) is 11.2 Å². The zero-order valence-corrected chi connectivity index (χ0v) is 36.6. The van der Waals surface area contributed by atoms with Crippen LogP contribution in [-0.4, -0.2) is 0 Å². The van der Waals surface area contributed by atoms with Crippen molar-refractivity contribution in [1.29, 1.82) is 0 Å². The van der Waals surface area contributed by atoms with Gasteiger partial charge in [0.25, 0.3) is 0 Å². The van der Waals surface area contributed by atoms with Crippen LogP contribution in [0, 0.1) is 5.92 Å². The summed E-state index contributed by atoms with van der Waals surface area (Å²) in [5, 5.41) is 9.88. The van der Waals surface area contributed by atoms with Crippen molar-refractivity contribution in [3.63, 3.8) is 0 Å². The monoisotopic (exact) mass is 818 g/mol. The van der Waals surface area contributed by atoms with Crippen LogP contribution in [0.15, 0.2) is 167 Å². The highest BCUT2D eigenvalue weighted by atomic mass is 16.3. The molecule has 0 fully saturated rings. The van der Waals surface area contributed by atoms with E-state index in [0.29, 0.717) is 5.92 Å². The molecule has 1 unspecified atom stereocenters. The van der Waals surface area contributed by atoms with Crippen molar-refractivity contribution in [3.8, 4) is 0 Å². The fraction of sp³-hybridized carbons (Fsp3) is 0.186. The molecule has 0 N–H and O–H groups in total. The lowest BCUT2D eigenvalue weighted by molar-refractivity contribution is 0.344. The Labute approximate surface area is 368 Å². The molecule has 0 bridgehead atoms. The molecule has 0 radical (unpaired) electrons. The zero-order valence-electron chi connectivity index (χ0n) is 36.6. The predicted molar refractivity (Wildman–Crippen MR) is 265 cm³/mol. The van der Waals surface area contributed by atoms with Gasteiger partial charge in [0.1, 0.15) is 11.3 Å². The minimum Gasteiger partial charge on any atom is -0.458 e. The maximum absolute atomic E-state index is 6.91. The van der Waals surface area contributed by atoms with Gasteiger partial charge in [-0.05, 0) is 100 Å². The first kappa shape index (κ1) is 37.7. The van der Waals surface area contributed by atoms with E-state index in [1.54, 1.807) is 0 Å². The number of rotatable bonds is 8. The molecule has 2 heterocycles. The molecule has 0 spiro atoms. The summed E-state index contributed by atoms with van der Waals surface area (Å²) in [4.78, 5) is 4.97. The topological polar surface area (TPSA) is 32.8 Å². The number of benzene rings is 8. The second-order valence-corrected chi connectivity index (χ2v) is 18.5. The SMILES string of the molecule is CC(C)c1cc(N(c2ccccc2)c2cccc3c2oc2ccccc23)c2ccc3c4c(ccc1c24)=C(N(c1ccccc1)c1cccc2c4c(oc12)CCC=C4)CC3(C)C(C)C. The number of furan rings is 2. The van der Waals surface area contributed by atoms with E-state index in [4.69, 9.17) is 8.83 Å². The molecular formula is C59H50N2O2. The molecule has 2 aromatic heterocycles. The van der Waals surface area contributed by atoms with Crippen LogP contribution >= 0.6 is 0 Å². The smallest absolute Gasteiger partial charge is 0.159 e. The van der Waals surface area contributed by atoms with Crippen molar-refractivity contribution in [3.05, 3.63) is 185 Å². The molecule has 2 aliphatic carbocycles. The number of nitrogens with zero attached hydrogens (tertiary/aromatic N) is 2. The maximum atomic E-state index is 6.91. The molecule has 4 heteroatoms. The summed E-state index contributed by atoms with van der Waals surface area (Å²) in [7, 11) is 0. The maximum Gasteiger partial charge on any atom is 0.159 e. The highest BCUT2D eigenvalue weighted by Crippen LogP contribution is 2.52. The highest BCUT2D eigenvalue weighted by molar-refractivity contribution is 6.20. The number of hydrogen-bond acceptors (Lipinski definition) is 4. The van der Waals surface area contributed by atoms with Gasteiger partial charge in [-0.2, -0.15) is 0 Å². The second-order valence-electron chi connectivity index (χ2n) is 18.5. The van der Waals surface area contributed by atoms with E-state index in [1.807, 2.05) is 0 Å². The molecule has 0 saturated carbocycles. The van der Waals surface area contributed by atoms with Crippen LogP contribution in [0.25, 0.3) is 66.2 Å². The molecule has 63 heavy (non-hydrogen) atoms. The van der Waals surface area contributed by atoms with Crippen LogP contribution in [0.4, 0.5) is 28.4 Å². The van der Waals surface area contributed by atoms with Gasteiger partial charge in [-0.1, -0.05) is 150 Å². The lowest BCUT2D eigenvalue weighted by Crippen LogP contribution is -2.39. The summed E-state index contributed by atoms with van der Waals surface area (Å²) in [5.74, 6) is 1.70. The van der Waals surface area contributed by atoms with Crippen molar-refractivity contribution in [1.82, 2.24) is 0 Å². The minimum atomic E-state index is -0.177. The summed E-state index contributed by atoms with van der Waals surface area (Å²) >= 11 is 0. The number of allylic oxidation sites excluding steroid dienone is 1. The van der Waals surface area contributed by atoms with Crippen LogP contribution in [0.3, 0.4) is 0 Å². The first-order chi connectivity index (χ1) is 30.8. The van der Waals surface area contributed by atoms with E-state index in [2.05, 4.69) is 208 Å². The number of aryl methyl sites for hydroxylation is 1. The first-order valence-electron chi connectivity index (χ1n) is 22.7. The predicted octanol–water partition coefficient (Wildman–Crippen LogP) is 16.2. The molecule has 12 rings (SSSR count). The van der Waals surface area contributed by atoms with Crippen LogP contribution in [0.5, 0.6) is 0 Å². The normalized spacial score (nSPS) is 16.1. The third kappa shape index (κ3) is 5.60. The van der Waals surface area contributed by atoms with Gasteiger partial charge in [0, 0.05) is 61.2 Å². The Hall–Kier alpha value is -7.04. The minimum absolute atomic E-state index is 0.177. The van der Waals surface area contributed by atoms with E-state index in [9.17, 15) is 0 Å². The summed E-state index contributed by atoms with van der Waals surface area (Å²) in [6.45, 7) is 12.0. The molecule has 2 aliphatic rings. The van der Waals surface area contributed by atoms with E-state index in [0.717, 1.165) is 81.0 Å². The van der Waals surface area contributed by atoms with Crippen molar-refractivity contribution in [2.75, 3.05) is 9.80 Å². The number of fused-ring (bicyclic) bond motifs is 6. The van der Waals surface area contributed by atoms with Gasteiger partial charge in [0.2, 0.25) is 0 Å². The van der Waals surface area contributed by atoms with E-state index in [1.165, 1.54) is 54.5 Å². The Morgan fingerprint density at radius 2 is 1.21 bits per heavy atom. The van der Waals surface area contributed by atoms with Crippen molar-refractivity contribution >= 4 is 94.7 Å². The van der Waals surface area contributed by atoms with Crippen molar-refractivity contribution < 1.29 is 8.83 Å². The lowest BCUT2D eigenvalue weighted by atomic mass is 9.65. The zero-order chi connectivity index (χ0) is 42.6. The van der Waals surface area contributed by atoms with Gasteiger partial charge >= 0.3 is 0 Å². The number of anilines is 5. The number of para-hydroxylation sites is 5. The largest absolute Gasteiger partial charge is 0.458 e. The van der Waals surface area contributed by atoms with Crippen LogP contribution in [-0.2, 0) is 11.8 Å². The molecule has 0 amide bonds. The summed E-state index contributed by atoms with van der Waals surface area (Å²) in [6, 6.07) is 55.6. The standard InChI is InChI=1S/C59H50N2O2/c1-36(2)47-34-51(60(38-18-8-6-9-19-38)49-26-16-24-43-40-22-12-14-28-53(40)62-57(43)49)45-32-33-48-56-46(31-30-42(47)55(45)56)52(35-59(48,5)37(3)4)61(39-20-10-7-11-21-39)50-27-17-25-44-41-23-13-15-29-54(41)63-58(44)50/h6-14,16-28,30-34,36-37H,15,29,35H2,1-5H3. The van der Waals surface area contributed by atoms with Crippen molar-refractivity contribution in [2.45, 2.75) is 65.2 Å². The van der Waals surface area contributed by atoms with Gasteiger partial charge in [-0.25, -0.2) is 0 Å². The van der Waals surface area contributed by atoms with Crippen LogP contribution < -0.4 is 15.0 Å². The Morgan fingerprint density at radius 1 is 0.556 bits per heavy atom. The molecular weight excluding hydrogens is 769 g/mol. The van der Waals surface area contributed by atoms with Gasteiger partial charge in [-0.3, -0.25) is 0 Å². The third-order valence-electron chi connectivity index (χ3n) is 14.4. The fourth-order valence-corrected chi connectivity index (χ4v) is 10.9.